The largest absolute Gasteiger partial charge is 0.340 e. The predicted octanol–water partition coefficient (Wildman–Crippen LogP) is 1.80. The van der Waals surface area contributed by atoms with Gasteiger partial charge in [0.15, 0.2) is 0 Å². The molecule has 0 aromatic carbocycles. The van der Waals surface area contributed by atoms with E-state index in [4.69, 9.17) is 0 Å². The van der Waals surface area contributed by atoms with E-state index in [1.165, 1.54) is 11.3 Å². The zero-order valence-electron chi connectivity index (χ0n) is 8.21. The third-order valence-electron chi connectivity index (χ3n) is 1.83. The lowest BCUT2D eigenvalue weighted by atomic mass is 10.4. The number of hydrogen-bond acceptors (Lipinski definition) is 3. The van der Waals surface area contributed by atoms with Gasteiger partial charge < -0.3 is 10.2 Å². The van der Waals surface area contributed by atoms with Crippen LogP contribution < -0.4 is 5.32 Å². The lowest BCUT2D eigenvalue weighted by Crippen LogP contribution is -2.32. The lowest BCUT2D eigenvalue weighted by Gasteiger charge is -2.15. The van der Waals surface area contributed by atoms with Crippen molar-refractivity contribution in [3.8, 4) is 0 Å². The van der Waals surface area contributed by atoms with Crippen molar-refractivity contribution in [3.63, 3.8) is 0 Å². The molecule has 0 spiro atoms. The van der Waals surface area contributed by atoms with Gasteiger partial charge in [-0.25, -0.2) is 0 Å². The summed E-state index contributed by atoms with van der Waals surface area (Å²) in [5.74, 6) is 0.0796. The number of halogens is 1. The van der Waals surface area contributed by atoms with Crippen molar-refractivity contribution in [2.45, 2.75) is 0 Å². The van der Waals surface area contributed by atoms with Gasteiger partial charge in [-0.2, -0.15) is 0 Å². The van der Waals surface area contributed by atoms with Crippen molar-refractivity contribution in [2.75, 3.05) is 27.2 Å². The van der Waals surface area contributed by atoms with Crippen molar-refractivity contribution in [1.29, 1.82) is 0 Å². The number of amides is 1. The fourth-order valence-corrected chi connectivity index (χ4v) is 2.38. The van der Waals surface area contributed by atoms with Crippen molar-refractivity contribution in [2.24, 2.45) is 0 Å². The van der Waals surface area contributed by atoms with Gasteiger partial charge in [0, 0.05) is 20.1 Å². The summed E-state index contributed by atoms with van der Waals surface area (Å²) >= 11 is 4.80. The van der Waals surface area contributed by atoms with Crippen molar-refractivity contribution < 1.29 is 4.79 Å². The number of carbonyl (C=O) groups is 1. The molecule has 1 aromatic rings. The van der Waals surface area contributed by atoms with Gasteiger partial charge >= 0.3 is 0 Å². The zero-order valence-corrected chi connectivity index (χ0v) is 10.6. The maximum absolute atomic E-state index is 11.8. The van der Waals surface area contributed by atoms with Crippen LogP contribution in [-0.2, 0) is 0 Å². The van der Waals surface area contributed by atoms with Gasteiger partial charge in [0.05, 0.1) is 8.66 Å². The average molecular weight is 277 g/mol. The van der Waals surface area contributed by atoms with Gasteiger partial charge in [-0.1, -0.05) is 0 Å². The molecule has 0 bridgehead atoms. The number of hydrogen-bond donors (Lipinski definition) is 1. The molecule has 0 atom stereocenters. The Labute approximate surface area is 96.2 Å². The summed E-state index contributed by atoms with van der Waals surface area (Å²) in [6.07, 6.45) is 0. The number of likely N-dealkylation sites (N-methyl/N-ethyl adjacent to an activating group) is 2. The topological polar surface area (TPSA) is 32.3 Å². The van der Waals surface area contributed by atoms with Crippen LogP contribution in [0.4, 0.5) is 0 Å². The highest BCUT2D eigenvalue weighted by Gasteiger charge is 2.12. The van der Waals surface area contributed by atoms with Crippen LogP contribution in [0.15, 0.2) is 15.9 Å². The quantitative estimate of drug-likeness (QED) is 0.910. The molecule has 3 nitrogen and oxygen atoms in total. The minimum Gasteiger partial charge on any atom is -0.340 e. The van der Waals surface area contributed by atoms with E-state index in [0.717, 1.165) is 21.8 Å². The molecule has 1 N–H and O–H groups in total. The Kier molecular flexibility index (Phi) is 4.57. The van der Waals surface area contributed by atoms with Crippen LogP contribution in [0.3, 0.4) is 0 Å². The molecule has 1 aromatic heterocycles. The standard InChI is InChI=1S/C9H13BrN2OS/c1-11-5-6-12(2)9(13)7-3-4-8(10)14-7/h3-4,11H,5-6H2,1-2H3. The first-order chi connectivity index (χ1) is 6.65. The molecular formula is C9H13BrN2OS. The van der Waals surface area contributed by atoms with E-state index in [0.29, 0.717) is 0 Å². The average Bonchev–Trinajstić information content (AvgIpc) is 2.60. The third kappa shape index (κ3) is 3.08. The van der Waals surface area contributed by atoms with Crippen molar-refractivity contribution in [1.82, 2.24) is 10.2 Å². The van der Waals surface area contributed by atoms with Gasteiger partial charge in [0.25, 0.3) is 5.91 Å². The Morgan fingerprint density at radius 1 is 1.64 bits per heavy atom. The highest BCUT2D eigenvalue weighted by molar-refractivity contribution is 9.11. The molecule has 1 rings (SSSR count). The SMILES string of the molecule is CNCCN(C)C(=O)c1ccc(Br)s1. The Morgan fingerprint density at radius 3 is 2.86 bits per heavy atom. The van der Waals surface area contributed by atoms with E-state index in [-0.39, 0.29) is 5.91 Å². The maximum Gasteiger partial charge on any atom is 0.263 e. The molecular weight excluding hydrogens is 264 g/mol. The minimum absolute atomic E-state index is 0.0796. The number of rotatable bonds is 4. The monoisotopic (exact) mass is 276 g/mol. The van der Waals surface area contributed by atoms with Crippen molar-refractivity contribution >= 4 is 33.2 Å². The van der Waals surface area contributed by atoms with E-state index < -0.39 is 0 Å². The summed E-state index contributed by atoms with van der Waals surface area (Å²) in [6, 6.07) is 3.73. The molecule has 1 heterocycles. The zero-order chi connectivity index (χ0) is 10.6. The van der Waals surface area contributed by atoms with Crippen LogP contribution in [0.25, 0.3) is 0 Å². The number of nitrogens with zero attached hydrogens (tertiary/aromatic N) is 1. The number of thiophene rings is 1. The van der Waals surface area contributed by atoms with E-state index in [1.54, 1.807) is 4.90 Å². The smallest absolute Gasteiger partial charge is 0.263 e. The second-order valence-corrected chi connectivity index (χ2v) is 5.40. The summed E-state index contributed by atoms with van der Waals surface area (Å²) in [6.45, 7) is 1.54. The molecule has 0 radical (unpaired) electrons. The summed E-state index contributed by atoms with van der Waals surface area (Å²) < 4.78 is 0.989. The molecule has 78 valence electrons. The van der Waals surface area contributed by atoms with Gasteiger partial charge in [0.2, 0.25) is 0 Å². The highest BCUT2D eigenvalue weighted by atomic mass is 79.9. The molecule has 0 aliphatic heterocycles. The predicted molar refractivity (Wildman–Crippen MR) is 62.9 cm³/mol. The Hall–Kier alpha value is -0.390. The fraction of sp³-hybridized carbons (Fsp3) is 0.444. The van der Waals surface area contributed by atoms with Crippen LogP contribution in [0.2, 0.25) is 0 Å². The maximum atomic E-state index is 11.8. The lowest BCUT2D eigenvalue weighted by molar-refractivity contribution is 0.0801. The molecule has 5 heteroatoms. The molecule has 0 saturated carbocycles. The first-order valence-corrected chi connectivity index (χ1v) is 5.91. The Bertz CT molecular complexity index is 314. The first-order valence-electron chi connectivity index (χ1n) is 4.30. The molecule has 0 fully saturated rings. The van der Waals surface area contributed by atoms with Gasteiger partial charge in [-0.15, -0.1) is 11.3 Å². The second kappa shape index (κ2) is 5.48. The van der Waals surface area contributed by atoms with E-state index in [1.807, 2.05) is 26.2 Å². The first kappa shape index (κ1) is 11.7. The van der Waals surface area contributed by atoms with Crippen LogP contribution in [-0.4, -0.2) is 38.0 Å². The Morgan fingerprint density at radius 2 is 2.36 bits per heavy atom. The normalized spacial score (nSPS) is 10.2. The van der Waals surface area contributed by atoms with Crippen LogP contribution in [0, 0.1) is 0 Å². The summed E-state index contributed by atoms with van der Waals surface area (Å²) in [7, 11) is 3.69. The second-order valence-electron chi connectivity index (χ2n) is 2.93. The third-order valence-corrected chi connectivity index (χ3v) is 3.44. The molecule has 0 aliphatic carbocycles. The highest BCUT2D eigenvalue weighted by Crippen LogP contribution is 2.22. The number of nitrogens with one attached hydrogen (secondary N) is 1. The van der Waals surface area contributed by atoms with E-state index in [2.05, 4.69) is 21.2 Å². The van der Waals surface area contributed by atoms with Gasteiger partial charge in [-0.3, -0.25) is 4.79 Å². The van der Waals surface area contributed by atoms with Gasteiger partial charge in [0.1, 0.15) is 0 Å². The molecule has 1 amide bonds. The minimum atomic E-state index is 0.0796. The summed E-state index contributed by atoms with van der Waals surface area (Å²) in [5.41, 5.74) is 0. The van der Waals surface area contributed by atoms with E-state index in [9.17, 15) is 4.79 Å². The number of carbonyl (C=O) groups excluding carboxylic acids is 1. The molecule has 14 heavy (non-hydrogen) atoms. The summed E-state index contributed by atoms with van der Waals surface area (Å²) in [5, 5.41) is 3.01. The van der Waals surface area contributed by atoms with E-state index >= 15 is 0 Å². The van der Waals surface area contributed by atoms with Crippen LogP contribution >= 0.6 is 27.3 Å². The van der Waals surface area contributed by atoms with Crippen LogP contribution in [0.5, 0.6) is 0 Å². The molecule has 0 unspecified atom stereocenters. The van der Waals surface area contributed by atoms with Crippen LogP contribution in [0.1, 0.15) is 9.67 Å². The summed E-state index contributed by atoms with van der Waals surface area (Å²) in [4.78, 5) is 14.2. The fourth-order valence-electron chi connectivity index (χ4n) is 0.998. The molecule has 0 aliphatic rings. The van der Waals surface area contributed by atoms with Gasteiger partial charge in [-0.05, 0) is 35.1 Å². The Balaban J connectivity index is 2.56. The van der Waals surface area contributed by atoms with Crippen molar-refractivity contribution in [3.05, 3.63) is 20.8 Å². The molecule has 0 saturated heterocycles.